The van der Waals surface area contributed by atoms with Crippen molar-refractivity contribution >= 4 is 29.3 Å². The Morgan fingerprint density at radius 3 is 2.86 bits per heavy atom. The number of halogens is 1. The van der Waals surface area contributed by atoms with Gasteiger partial charge in [-0.15, -0.1) is 0 Å². The monoisotopic (exact) mass is 312 g/mol. The van der Waals surface area contributed by atoms with Gasteiger partial charge in [-0.25, -0.2) is 9.59 Å². The van der Waals surface area contributed by atoms with Crippen molar-refractivity contribution in [1.82, 2.24) is 4.90 Å². The first-order valence-electron chi connectivity index (χ1n) is 6.62. The van der Waals surface area contributed by atoms with Crippen molar-refractivity contribution in [3.05, 3.63) is 28.8 Å². The Hall–Kier alpha value is -1.79. The Kier molecular flexibility index (Phi) is 5.03. The molecule has 2 amide bonds. The number of hydrogen-bond acceptors (Lipinski definition) is 3. The van der Waals surface area contributed by atoms with E-state index in [1.807, 2.05) is 0 Å². The number of methoxy groups -OCH3 is 1. The number of piperidine rings is 1. The van der Waals surface area contributed by atoms with Gasteiger partial charge in [-0.3, -0.25) is 0 Å². The van der Waals surface area contributed by atoms with Crippen LogP contribution in [0.2, 0.25) is 5.02 Å². The van der Waals surface area contributed by atoms with E-state index in [9.17, 15) is 9.59 Å². The van der Waals surface area contributed by atoms with Gasteiger partial charge in [0.2, 0.25) is 0 Å². The van der Waals surface area contributed by atoms with Crippen LogP contribution in [0.1, 0.15) is 23.2 Å². The standard InChI is InChI=1S/C14H17ClN2O4/c1-21-12-3-2-4-17(8-12)14(20)16-11-6-9(13(18)19)5-10(15)7-11/h5-7,12H,2-4,8H2,1H3,(H,16,20)(H,18,19). The summed E-state index contributed by atoms with van der Waals surface area (Å²) >= 11 is 5.86. The fraction of sp³-hybridized carbons (Fsp3) is 0.429. The number of aromatic carboxylic acids is 1. The topological polar surface area (TPSA) is 78.9 Å². The summed E-state index contributed by atoms with van der Waals surface area (Å²) in [7, 11) is 1.63. The minimum atomic E-state index is -1.09. The minimum absolute atomic E-state index is 0.0335. The zero-order valence-electron chi connectivity index (χ0n) is 11.6. The lowest BCUT2D eigenvalue weighted by molar-refractivity contribution is 0.0458. The molecule has 2 N–H and O–H groups in total. The lowest BCUT2D eigenvalue weighted by Crippen LogP contribution is -2.44. The fourth-order valence-corrected chi connectivity index (χ4v) is 2.54. The maximum Gasteiger partial charge on any atom is 0.335 e. The van der Waals surface area contributed by atoms with Crippen LogP contribution in [0.5, 0.6) is 0 Å². The predicted octanol–water partition coefficient (Wildman–Crippen LogP) is 2.68. The molecule has 1 fully saturated rings. The highest BCUT2D eigenvalue weighted by atomic mass is 35.5. The van der Waals surface area contributed by atoms with Crippen molar-refractivity contribution in [2.75, 3.05) is 25.5 Å². The van der Waals surface area contributed by atoms with E-state index in [2.05, 4.69) is 5.32 Å². The van der Waals surface area contributed by atoms with E-state index in [0.29, 0.717) is 18.8 Å². The number of amides is 2. The van der Waals surface area contributed by atoms with Crippen molar-refractivity contribution in [3.63, 3.8) is 0 Å². The zero-order chi connectivity index (χ0) is 15.4. The Labute approximate surface area is 127 Å². The molecule has 0 aliphatic carbocycles. The number of ether oxygens (including phenoxy) is 1. The highest BCUT2D eigenvalue weighted by molar-refractivity contribution is 6.31. The van der Waals surface area contributed by atoms with E-state index >= 15 is 0 Å². The highest BCUT2D eigenvalue weighted by Gasteiger charge is 2.23. The smallest absolute Gasteiger partial charge is 0.335 e. The van der Waals surface area contributed by atoms with Crippen LogP contribution in [0.15, 0.2) is 18.2 Å². The summed E-state index contributed by atoms with van der Waals surface area (Å²) in [6.45, 7) is 1.17. The minimum Gasteiger partial charge on any atom is -0.478 e. The number of likely N-dealkylation sites (tertiary alicyclic amines) is 1. The molecular formula is C14H17ClN2O4. The first-order chi connectivity index (χ1) is 9.99. The Balaban J connectivity index is 2.07. The summed E-state index contributed by atoms with van der Waals surface area (Å²) in [6, 6.07) is 3.95. The molecule has 114 valence electrons. The average molecular weight is 313 g/mol. The van der Waals surface area contributed by atoms with E-state index in [-0.39, 0.29) is 22.7 Å². The third-order valence-corrected chi connectivity index (χ3v) is 3.61. The van der Waals surface area contributed by atoms with Crippen LogP contribution in [0.4, 0.5) is 10.5 Å². The van der Waals surface area contributed by atoms with Crippen LogP contribution in [0.3, 0.4) is 0 Å². The van der Waals surface area contributed by atoms with Gasteiger partial charge < -0.3 is 20.1 Å². The molecule has 1 heterocycles. The van der Waals surface area contributed by atoms with Crippen LogP contribution < -0.4 is 5.32 Å². The van der Waals surface area contributed by atoms with Gasteiger partial charge in [-0.2, -0.15) is 0 Å². The summed E-state index contributed by atoms with van der Waals surface area (Å²) in [4.78, 5) is 24.8. The number of benzene rings is 1. The number of nitrogens with zero attached hydrogens (tertiary/aromatic N) is 1. The second kappa shape index (κ2) is 6.78. The number of carboxylic acids is 1. The molecule has 0 radical (unpaired) electrons. The molecule has 2 rings (SSSR count). The number of hydrogen-bond donors (Lipinski definition) is 2. The molecule has 1 saturated heterocycles. The number of nitrogens with one attached hydrogen (secondary N) is 1. The molecule has 0 spiro atoms. The molecule has 7 heteroatoms. The van der Waals surface area contributed by atoms with E-state index in [0.717, 1.165) is 12.8 Å². The number of carboxylic acid groups (broad SMARTS) is 1. The molecule has 0 aromatic heterocycles. The van der Waals surface area contributed by atoms with Crippen LogP contribution in [0, 0.1) is 0 Å². The summed E-state index contributed by atoms with van der Waals surface area (Å²) in [6.07, 6.45) is 1.85. The first kappa shape index (κ1) is 15.6. The van der Waals surface area contributed by atoms with Crippen LogP contribution >= 0.6 is 11.6 Å². The Bertz CT molecular complexity index is 550. The SMILES string of the molecule is COC1CCCN(C(=O)Nc2cc(Cl)cc(C(=O)O)c2)C1. The average Bonchev–Trinajstić information content (AvgIpc) is 2.46. The number of carbonyl (C=O) groups is 2. The first-order valence-corrected chi connectivity index (χ1v) is 7.00. The van der Waals surface area contributed by atoms with Gasteiger partial charge in [-0.05, 0) is 31.0 Å². The van der Waals surface area contributed by atoms with Gasteiger partial charge in [0.05, 0.1) is 11.7 Å². The summed E-state index contributed by atoms with van der Waals surface area (Å²) in [5.74, 6) is -1.09. The summed E-state index contributed by atoms with van der Waals surface area (Å²) < 4.78 is 5.27. The molecule has 0 saturated carbocycles. The largest absolute Gasteiger partial charge is 0.478 e. The molecule has 1 atom stereocenters. The lowest BCUT2D eigenvalue weighted by atomic mass is 10.1. The maximum absolute atomic E-state index is 12.2. The van der Waals surface area contributed by atoms with Gasteiger partial charge in [0, 0.05) is 30.9 Å². The van der Waals surface area contributed by atoms with E-state index in [1.54, 1.807) is 12.0 Å². The maximum atomic E-state index is 12.2. The van der Waals surface area contributed by atoms with Crippen molar-refractivity contribution in [2.45, 2.75) is 18.9 Å². The van der Waals surface area contributed by atoms with Crippen molar-refractivity contribution in [2.24, 2.45) is 0 Å². The molecule has 1 aromatic carbocycles. The van der Waals surface area contributed by atoms with Crippen LogP contribution in [-0.4, -0.2) is 48.3 Å². The fourth-order valence-electron chi connectivity index (χ4n) is 2.30. The normalized spacial score (nSPS) is 18.4. The molecule has 0 bridgehead atoms. The predicted molar refractivity (Wildman–Crippen MR) is 79.0 cm³/mol. The second-order valence-corrected chi connectivity index (χ2v) is 5.35. The van der Waals surface area contributed by atoms with Crippen LogP contribution in [-0.2, 0) is 4.74 Å². The molecule has 1 unspecified atom stereocenters. The Morgan fingerprint density at radius 1 is 1.43 bits per heavy atom. The van der Waals surface area contributed by atoms with E-state index in [1.165, 1.54) is 18.2 Å². The molecule has 6 nitrogen and oxygen atoms in total. The summed E-state index contributed by atoms with van der Waals surface area (Å²) in [5, 5.41) is 11.9. The third kappa shape index (κ3) is 4.09. The molecule has 1 aromatic rings. The summed E-state index contributed by atoms with van der Waals surface area (Å²) in [5.41, 5.74) is 0.399. The highest BCUT2D eigenvalue weighted by Crippen LogP contribution is 2.20. The number of anilines is 1. The molecule has 21 heavy (non-hydrogen) atoms. The van der Waals surface area contributed by atoms with Gasteiger partial charge in [0.15, 0.2) is 0 Å². The lowest BCUT2D eigenvalue weighted by Gasteiger charge is -2.31. The molecule has 1 aliphatic heterocycles. The van der Waals surface area contributed by atoms with Crippen LogP contribution in [0.25, 0.3) is 0 Å². The number of urea groups is 1. The molecule has 1 aliphatic rings. The van der Waals surface area contributed by atoms with E-state index < -0.39 is 5.97 Å². The number of rotatable bonds is 3. The quantitative estimate of drug-likeness (QED) is 0.899. The van der Waals surface area contributed by atoms with Crippen molar-refractivity contribution in [3.8, 4) is 0 Å². The van der Waals surface area contributed by atoms with Gasteiger partial charge >= 0.3 is 12.0 Å². The second-order valence-electron chi connectivity index (χ2n) is 4.91. The van der Waals surface area contributed by atoms with E-state index in [4.69, 9.17) is 21.4 Å². The third-order valence-electron chi connectivity index (χ3n) is 3.39. The zero-order valence-corrected chi connectivity index (χ0v) is 12.4. The molecular weight excluding hydrogens is 296 g/mol. The Morgan fingerprint density at radius 2 is 2.19 bits per heavy atom. The number of carbonyl (C=O) groups excluding carboxylic acids is 1. The van der Waals surface area contributed by atoms with Gasteiger partial charge in [-0.1, -0.05) is 11.6 Å². The van der Waals surface area contributed by atoms with Crippen molar-refractivity contribution < 1.29 is 19.4 Å². The van der Waals surface area contributed by atoms with Gasteiger partial charge in [0.1, 0.15) is 0 Å². The van der Waals surface area contributed by atoms with Gasteiger partial charge in [0.25, 0.3) is 0 Å². The van der Waals surface area contributed by atoms with Crippen molar-refractivity contribution in [1.29, 1.82) is 0 Å².